The Balaban J connectivity index is 1.22. The minimum atomic E-state index is -0.386. The summed E-state index contributed by atoms with van der Waals surface area (Å²) in [6.45, 7) is 4.39. The quantitative estimate of drug-likeness (QED) is 0.285. The smallest absolute Gasteiger partial charge is 0.410 e. The molecule has 0 saturated heterocycles. The summed E-state index contributed by atoms with van der Waals surface area (Å²) in [5.41, 5.74) is 2.29. The van der Waals surface area contributed by atoms with Gasteiger partial charge in [0.05, 0.1) is 6.04 Å². The van der Waals surface area contributed by atoms with Crippen LogP contribution in [-0.4, -0.2) is 24.3 Å². The Morgan fingerprint density at radius 1 is 0.943 bits per heavy atom. The Kier molecular flexibility index (Phi) is 7.99. The van der Waals surface area contributed by atoms with Crippen molar-refractivity contribution in [3.63, 3.8) is 0 Å². The molecule has 5 heteroatoms. The molecule has 1 saturated carbocycles. The third-order valence-electron chi connectivity index (χ3n) is 7.37. The van der Waals surface area contributed by atoms with E-state index in [1.54, 1.807) is 6.08 Å². The Morgan fingerprint density at radius 3 is 2.20 bits per heavy atom. The molecule has 0 aromatic heterocycles. The molecule has 0 aliphatic heterocycles. The maximum absolute atomic E-state index is 12.5. The number of nitrogens with zero attached hydrogens (tertiary/aromatic N) is 1. The van der Waals surface area contributed by atoms with Gasteiger partial charge in [0.15, 0.2) is 0 Å². The molecule has 2 aromatic carbocycles. The number of hydrogen-bond acceptors (Lipinski definition) is 4. The number of aliphatic imine (C=N–C) groups is 1. The van der Waals surface area contributed by atoms with Gasteiger partial charge in [-0.3, -0.25) is 0 Å². The first kappa shape index (κ1) is 24.7. The fourth-order valence-corrected chi connectivity index (χ4v) is 5.14. The van der Waals surface area contributed by atoms with Crippen LogP contribution >= 0.6 is 0 Å². The van der Waals surface area contributed by atoms with Gasteiger partial charge in [0.25, 0.3) is 0 Å². The normalized spacial score (nSPS) is 23.8. The summed E-state index contributed by atoms with van der Waals surface area (Å²) in [4.78, 5) is 26.6. The average molecular weight is 471 g/mol. The van der Waals surface area contributed by atoms with Gasteiger partial charge >= 0.3 is 6.09 Å². The highest BCUT2D eigenvalue weighted by Crippen LogP contribution is 2.33. The molecule has 0 unspecified atom stereocenters. The van der Waals surface area contributed by atoms with E-state index in [0.717, 1.165) is 32.1 Å². The summed E-state index contributed by atoms with van der Waals surface area (Å²) in [5, 5.41) is 3.04. The molecule has 2 aromatic rings. The van der Waals surface area contributed by atoms with E-state index in [9.17, 15) is 9.59 Å². The molecule has 4 rings (SSSR count). The SMILES string of the molecule is CC(C)(c1ccccc1)c1ccc(OC(=O)NC2CCC(CC3C=CC(N=C=O)C=C3)CC2)cc1. The lowest BCUT2D eigenvalue weighted by Gasteiger charge is -2.30. The van der Waals surface area contributed by atoms with Gasteiger partial charge in [-0.15, -0.1) is 0 Å². The molecule has 0 heterocycles. The van der Waals surface area contributed by atoms with Crippen molar-refractivity contribution < 1.29 is 14.3 Å². The van der Waals surface area contributed by atoms with Crippen molar-refractivity contribution in [1.82, 2.24) is 5.32 Å². The fraction of sp³-hybridized carbons (Fsp3) is 0.400. The number of carbonyl (C=O) groups is 1. The van der Waals surface area contributed by atoms with Crippen LogP contribution < -0.4 is 10.1 Å². The summed E-state index contributed by atoms with van der Waals surface area (Å²) in [6.07, 6.45) is 14.6. The number of ether oxygens (including phenoxy) is 1. The van der Waals surface area contributed by atoms with Crippen molar-refractivity contribution in [3.05, 3.63) is 90.0 Å². The third kappa shape index (κ3) is 6.58. The predicted molar refractivity (Wildman–Crippen MR) is 138 cm³/mol. The van der Waals surface area contributed by atoms with Crippen molar-refractivity contribution in [2.45, 2.75) is 63.5 Å². The van der Waals surface area contributed by atoms with Gasteiger partial charge in [-0.05, 0) is 67.2 Å². The van der Waals surface area contributed by atoms with Crippen LogP contribution in [0.25, 0.3) is 0 Å². The second kappa shape index (κ2) is 11.3. The molecule has 0 radical (unpaired) electrons. The summed E-state index contributed by atoms with van der Waals surface area (Å²) in [6, 6.07) is 18.2. The number of benzene rings is 2. The van der Waals surface area contributed by atoms with Crippen LogP contribution in [0.3, 0.4) is 0 Å². The maximum Gasteiger partial charge on any atom is 0.412 e. The molecule has 182 valence electrons. The number of allylic oxidation sites excluding steroid dienone is 2. The minimum absolute atomic E-state index is 0.130. The first-order valence-electron chi connectivity index (χ1n) is 12.5. The van der Waals surface area contributed by atoms with Gasteiger partial charge in [0.2, 0.25) is 6.08 Å². The van der Waals surface area contributed by atoms with Gasteiger partial charge in [-0.2, -0.15) is 4.99 Å². The van der Waals surface area contributed by atoms with Crippen LogP contribution in [0.1, 0.15) is 57.1 Å². The second-order valence-electron chi connectivity index (χ2n) is 10.1. The zero-order valence-electron chi connectivity index (χ0n) is 20.5. The highest BCUT2D eigenvalue weighted by molar-refractivity contribution is 5.70. The van der Waals surface area contributed by atoms with E-state index >= 15 is 0 Å². The van der Waals surface area contributed by atoms with Gasteiger partial charge in [0.1, 0.15) is 5.75 Å². The molecule has 0 bridgehead atoms. The van der Waals surface area contributed by atoms with E-state index in [1.165, 1.54) is 11.1 Å². The fourth-order valence-electron chi connectivity index (χ4n) is 5.14. The minimum Gasteiger partial charge on any atom is -0.410 e. The maximum atomic E-state index is 12.5. The van der Waals surface area contributed by atoms with E-state index in [-0.39, 0.29) is 23.6 Å². The number of carbonyl (C=O) groups excluding carboxylic acids is 2. The number of rotatable bonds is 7. The number of isocyanates is 1. The molecule has 0 atom stereocenters. The van der Waals surface area contributed by atoms with E-state index in [4.69, 9.17) is 4.74 Å². The van der Waals surface area contributed by atoms with Crippen molar-refractivity contribution in [2.75, 3.05) is 0 Å². The molecular formula is C30H34N2O3. The molecule has 5 nitrogen and oxygen atoms in total. The highest BCUT2D eigenvalue weighted by Gasteiger charge is 2.25. The van der Waals surface area contributed by atoms with Gasteiger partial charge in [-0.25, -0.2) is 9.59 Å². The number of hydrogen-bond donors (Lipinski definition) is 1. The Labute approximate surface area is 208 Å². The lowest BCUT2D eigenvalue weighted by Crippen LogP contribution is -2.39. The Bertz CT molecular complexity index is 1080. The number of nitrogens with one attached hydrogen (secondary N) is 1. The van der Waals surface area contributed by atoms with Crippen LogP contribution in [-0.2, 0) is 10.2 Å². The molecule has 1 N–H and O–H groups in total. The average Bonchev–Trinajstić information content (AvgIpc) is 2.87. The zero-order valence-corrected chi connectivity index (χ0v) is 20.5. The van der Waals surface area contributed by atoms with Crippen molar-refractivity contribution in [1.29, 1.82) is 0 Å². The Morgan fingerprint density at radius 2 is 1.57 bits per heavy atom. The number of amides is 1. The van der Waals surface area contributed by atoms with Crippen LogP contribution in [0.5, 0.6) is 5.75 Å². The van der Waals surface area contributed by atoms with Crippen LogP contribution in [0.4, 0.5) is 4.79 Å². The van der Waals surface area contributed by atoms with E-state index < -0.39 is 0 Å². The van der Waals surface area contributed by atoms with Crippen LogP contribution in [0.15, 0.2) is 83.9 Å². The standard InChI is InChI=1S/C30H34N2O3/c1-30(2,24-6-4-3-5-7-24)25-12-18-28(19-13-25)35-29(34)32-27-16-10-23(11-17-27)20-22-8-14-26(15-9-22)31-21-33/h3-9,12-15,18-19,22-23,26-27H,10-11,16-17,20H2,1-2H3,(H,32,34). The van der Waals surface area contributed by atoms with E-state index in [2.05, 4.69) is 60.6 Å². The van der Waals surface area contributed by atoms with Gasteiger partial charge in [-0.1, -0.05) is 80.6 Å². The van der Waals surface area contributed by atoms with Gasteiger partial charge < -0.3 is 10.1 Å². The van der Waals surface area contributed by atoms with Crippen LogP contribution in [0.2, 0.25) is 0 Å². The Hall–Kier alpha value is -3.43. The first-order chi connectivity index (χ1) is 16.9. The van der Waals surface area contributed by atoms with E-state index in [0.29, 0.717) is 17.6 Å². The molecule has 2 aliphatic carbocycles. The predicted octanol–water partition coefficient (Wildman–Crippen LogP) is 6.50. The van der Waals surface area contributed by atoms with Crippen molar-refractivity contribution in [3.8, 4) is 5.75 Å². The lowest BCUT2D eigenvalue weighted by molar-refractivity contribution is 0.187. The largest absolute Gasteiger partial charge is 0.412 e. The molecule has 35 heavy (non-hydrogen) atoms. The van der Waals surface area contributed by atoms with Gasteiger partial charge in [0, 0.05) is 11.5 Å². The monoisotopic (exact) mass is 470 g/mol. The zero-order chi connectivity index (χ0) is 24.7. The molecule has 0 spiro atoms. The summed E-state index contributed by atoms with van der Waals surface area (Å²) in [5.74, 6) is 1.58. The van der Waals surface area contributed by atoms with Crippen molar-refractivity contribution >= 4 is 12.2 Å². The molecular weight excluding hydrogens is 436 g/mol. The van der Waals surface area contributed by atoms with Crippen LogP contribution in [0, 0.1) is 11.8 Å². The molecule has 1 fully saturated rings. The summed E-state index contributed by atoms with van der Waals surface area (Å²) < 4.78 is 5.56. The summed E-state index contributed by atoms with van der Waals surface area (Å²) >= 11 is 0. The second-order valence-corrected chi connectivity index (χ2v) is 10.1. The van der Waals surface area contributed by atoms with Crippen molar-refractivity contribution in [2.24, 2.45) is 16.8 Å². The van der Waals surface area contributed by atoms with E-state index in [1.807, 2.05) is 42.5 Å². The molecule has 1 amide bonds. The summed E-state index contributed by atoms with van der Waals surface area (Å²) in [7, 11) is 0. The lowest BCUT2D eigenvalue weighted by atomic mass is 9.78. The first-order valence-corrected chi connectivity index (χ1v) is 12.5. The molecule has 2 aliphatic rings. The highest BCUT2D eigenvalue weighted by atomic mass is 16.6. The topological polar surface area (TPSA) is 67.8 Å². The third-order valence-corrected chi connectivity index (χ3v) is 7.37.